The van der Waals surface area contributed by atoms with Crippen molar-refractivity contribution in [2.75, 3.05) is 17.2 Å². The summed E-state index contributed by atoms with van der Waals surface area (Å²) in [5.74, 6) is -0.654. The molecule has 0 aliphatic rings. The van der Waals surface area contributed by atoms with Crippen molar-refractivity contribution < 1.29 is 18.7 Å². The number of carbonyl (C=O) groups is 2. The summed E-state index contributed by atoms with van der Waals surface area (Å²) in [5.41, 5.74) is 3.89. The summed E-state index contributed by atoms with van der Waals surface area (Å²) in [4.78, 5) is 27.9. The molecule has 4 rings (SSSR count). The Labute approximate surface area is 189 Å². The molecule has 0 fully saturated rings. The van der Waals surface area contributed by atoms with Gasteiger partial charge in [0, 0.05) is 29.8 Å². The largest absolute Gasteiger partial charge is 0.467 e. The van der Waals surface area contributed by atoms with Gasteiger partial charge in [-0.15, -0.1) is 0 Å². The second-order valence-electron chi connectivity index (χ2n) is 7.55. The zero-order valence-electron chi connectivity index (χ0n) is 18.3. The molecule has 0 radical (unpaired) electrons. The Morgan fingerprint density at radius 2 is 1.73 bits per heavy atom. The van der Waals surface area contributed by atoms with Crippen LogP contribution in [0.25, 0.3) is 16.7 Å². The molecule has 9 heteroatoms. The Kier molecular flexibility index (Phi) is 6.03. The third-order valence-corrected chi connectivity index (χ3v) is 4.88. The number of carbonyl (C=O) groups excluding carboxylic acids is 2. The molecule has 2 amide bonds. The van der Waals surface area contributed by atoms with Gasteiger partial charge >= 0.3 is 0 Å². The number of amides is 2. The number of anilines is 2. The maximum atomic E-state index is 13.7. The van der Waals surface area contributed by atoms with E-state index in [-0.39, 0.29) is 30.1 Å². The molecule has 0 saturated carbocycles. The highest BCUT2D eigenvalue weighted by molar-refractivity contribution is 5.93. The van der Waals surface area contributed by atoms with Crippen LogP contribution in [-0.2, 0) is 9.59 Å². The van der Waals surface area contributed by atoms with Crippen molar-refractivity contribution in [2.24, 2.45) is 0 Å². The van der Waals surface area contributed by atoms with Crippen LogP contribution in [-0.4, -0.2) is 33.2 Å². The Hall–Kier alpha value is -4.27. The average molecular weight is 447 g/mol. The van der Waals surface area contributed by atoms with E-state index in [2.05, 4.69) is 20.7 Å². The number of pyridine rings is 1. The fourth-order valence-electron chi connectivity index (χ4n) is 3.51. The van der Waals surface area contributed by atoms with Gasteiger partial charge in [-0.25, -0.2) is 9.07 Å². The van der Waals surface area contributed by atoms with E-state index in [0.29, 0.717) is 22.7 Å². The molecule has 0 aliphatic heterocycles. The molecule has 0 aliphatic carbocycles. The summed E-state index contributed by atoms with van der Waals surface area (Å²) in [7, 11) is 0. The lowest BCUT2D eigenvalue weighted by atomic mass is 10.2. The first-order valence-electron chi connectivity index (χ1n) is 10.2. The first kappa shape index (κ1) is 21.9. The summed E-state index contributed by atoms with van der Waals surface area (Å²) in [6, 6.07) is 14.6. The van der Waals surface area contributed by atoms with Crippen molar-refractivity contribution >= 4 is 34.2 Å². The first-order chi connectivity index (χ1) is 15.8. The van der Waals surface area contributed by atoms with E-state index in [1.165, 1.54) is 19.1 Å². The quantitative estimate of drug-likeness (QED) is 0.463. The van der Waals surface area contributed by atoms with Crippen LogP contribution in [0.2, 0.25) is 0 Å². The van der Waals surface area contributed by atoms with Gasteiger partial charge in [0.1, 0.15) is 5.82 Å². The molecule has 33 heavy (non-hydrogen) atoms. The zero-order chi connectivity index (χ0) is 23.5. The number of ether oxygens (including phenoxy) is 1. The van der Waals surface area contributed by atoms with E-state index < -0.39 is 0 Å². The minimum Gasteiger partial charge on any atom is -0.467 e. The maximum absolute atomic E-state index is 13.7. The maximum Gasteiger partial charge on any atom is 0.262 e. The summed E-state index contributed by atoms with van der Waals surface area (Å²) in [5, 5.41) is 10.7. The van der Waals surface area contributed by atoms with Gasteiger partial charge in [0.25, 0.3) is 5.91 Å². The molecule has 0 atom stereocenters. The van der Waals surface area contributed by atoms with Crippen LogP contribution >= 0.6 is 0 Å². The number of aryl methyl sites for hydroxylation is 2. The van der Waals surface area contributed by atoms with Crippen molar-refractivity contribution in [2.45, 2.75) is 20.8 Å². The fraction of sp³-hybridized carbons (Fsp3) is 0.167. The fourth-order valence-corrected chi connectivity index (χ4v) is 3.51. The lowest BCUT2D eigenvalue weighted by molar-refractivity contribution is -0.118. The molecule has 0 saturated heterocycles. The van der Waals surface area contributed by atoms with Gasteiger partial charge in [-0.1, -0.05) is 6.07 Å². The van der Waals surface area contributed by atoms with E-state index in [1.54, 1.807) is 47.1 Å². The second-order valence-corrected chi connectivity index (χ2v) is 7.55. The lowest BCUT2D eigenvalue weighted by Crippen LogP contribution is -2.20. The van der Waals surface area contributed by atoms with Gasteiger partial charge in [0.05, 0.1) is 11.4 Å². The Balaban J connectivity index is 1.50. The predicted molar refractivity (Wildman–Crippen MR) is 123 cm³/mol. The van der Waals surface area contributed by atoms with Gasteiger partial charge in [0.15, 0.2) is 12.3 Å². The number of nitrogens with zero attached hydrogens (tertiary/aromatic N) is 3. The summed E-state index contributed by atoms with van der Waals surface area (Å²) >= 11 is 0. The van der Waals surface area contributed by atoms with Crippen molar-refractivity contribution in [3.63, 3.8) is 0 Å². The van der Waals surface area contributed by atoms with Gasteiger partial charge in [-0.3, -0.25) is 9.59 Å². The summed E-state index contributed by atoms with van der Waals surface area (Å²) < 4.78 is 20.9. The van der Waals surface area contributed by atoms with Crippen LogP contribution in [0.4, 0.5) is 15.8 Å². The third-order valence-electron chi connectivity index (χ3n) is 4.88. The Morgan fingerprint density at radius 1 is 1.03 bits per heavy atom. The highest BCUT2D eigenvalue weighted by Gasteiger charge is 2.16. The third kappa shape index (κ3) is 4.98. The minimum atomic E-state index is -0.375. The zero-order valence-corrected chi connectivity index (χ0v) is 18.3. The number of hydrogen-bond donors (Lipinski definition) is 2. The Bertz CT molecular complexity index is 1350. The van der Waals surface area contributed by atoms with Gasteiger partial charge < -0.3 is 15.4 Å². The van der Waals surface area contributed by atoms with E-state index in [1.807, 2.05) is 13.8 Å². The highest BCUT2D eigenvalue weighted by Crippen LogP contribution is 2.27. The van der Waals surface area contributed by atoms with Crippen LogP contribution in [0.1, 0.15) is 18.2 Å². The SMILES string of the molecule is CC(=O)Nc1ccc(NC(=O)COc2cc(C)c3c(C)nn(-c4cccc(F)c4)c3n2)cc1. The average Bonchev–Trinajstić information content (AvgIpc) is 3.10. The standard InChI is InChI=1S/C24H22FN5O3/c1-14-11-22(33-13-21(32)27-19-9-7-18(8-10-19)26-16(3)31)28-24-23(14)15(2)29-30(24)20-6-4-5-17(25)12-20/h4-12H,13H2,1-3H3,(H,26,31)(H,27,32). The van der Waals surface area contributed by atoms with Gasteiger partial charge in [0.2, 0.25) is 11.8 Å². The summed E-state index contributed by atoms with van der Waals surface area (Å²) in [6.45, 7) is 4.93. The minimum absolute atomic E-state index is 0.172. The van der Waals surface area contributed by atoms with Crippen LogP contribution in [0.15, 0.2) is 54.6 Å². The van der Waals surface area contributed by atoms with Crippen molar-refractivity contribution in [1.82, 2.24) is 14.8 Å². The van der Waals surface area contributed by atoms with Crippen molar-refractivity contribution in [3.05, 3.63) is 71.7 Å². The predicted octanol–water partition coefficient (Wildman–Crippen LogP) is 4.15. The van der Waals surface area contributed by atoms with Gasteiger partial charge in [-0.05, 0) is 61.9 Å². The number of hydrogen-bond acceptors (Lipinski definition) is 5. The molecule has 0 unspecified atom stereocenters. The smallest absolute Gasteiger partial charge is 0.262 e. The van der Waals surface area contributed by atoms with Crippen LogP contribution in [0, 0.1) is 19.7 Å². The van der Waals surface area contributed by atoms with E-state index in [9.17, 15) is 14.0 Å². The number of benzene rings is 2. The molecule has 0 spiro atoms. The summed E-state index contributed by atoms with van der Waals surface area (Å²) in [6.07, 6.45) is 0. The number of rotatable bonds is 6. The molecule has 2 heterocycles. The molecular formula is C24H22FN5O3. The van der Waals surface area contributed by atoms with Gasteiger partial charge in [-0.2, -0.15) is 10.1 Å². The van der Waals surface area contributed by atoms with Crippen LogP contribution < -0.4 is 15.4 Å². The first-order valence-corrected chi connectivity index (χ1v) is 10.2. The molecule has 168 valence electrons. The van der Waals surface area contributed by atoms with Crippen molar-refractivity contribution in [3.8, 4) is 11.6 Å². The molecule has 2 aromatic carbocycles. The number of nitrogens with one attached hydrogen (secondary N) is 2. The van der Waals surface area contributed by atoms with E-state index in [0.717, 1.165) is 16.6 Å². The number of fused-ring (bicyclic) bond motifs is 1. The molecule has 0 bridgehead atoms. The normalized spacial score (nSPS) is 10.8. The molecular weight excluding hydrogens is 425 g/mol. The van der Waals surface area contributed by atoms with Crippen LogP contribution in [0.3, 0.4) is 0 Å². The Morgan fingerprint density at radius 3 is 2.39 bits per heavy atom. The monoisotopic (exact) mass is 447 g/mol. The molecule has 8 nitrogen and oxygen atoms in total. The molecule has 2 aromatic heterocycles. The van der Waals surface area contributed by atoms with E-state index in [4.69, 9.17) is 4.74 Å². The second kappa shape index (κ2) is 9.07. The van der Waals surface area contributed by atoms with Crippen molar-refractivity contribution in [1.29, 1.82) is 0 Å². The lowest BCUT2D eigenvalue weighted by Gasteiger charge is -2.10. The number of halogens is 1. The van der Waals surface area contributed by atoms with Crippen LogP contribution in [0.5, 0.6) is 5.88 Å². The molecule has 4 aromatic rings. The number of aromatic nitrogens is 3. The highest BCUT2D eigenvalue weighted by atomic mass is 19.1. The topological polar surface area (TPSA) is 98.1 Å². The molecule has 2 N–H and O–H groups in total. The van der Waals surface area contributed by atoms with E-state index >= 15 is 0 Å².